The van der Waals surface area contributed by atoms with Crippen LogP contribution in [-0.4, -0.2) is 40.2 Å². The van der Waals surface area contributed by atoms with E-state index in [0.717, 1.165) is 19.4 Å². The third-order valence-electron chi connectivity index (χ3n) is 4.93. The minimum Gasteiger partial charge on any atom is -0.454 e. The maximum Gasteiger partial charge on any atom is 0.275 e. The average molecular weight is 382 g/mol. The summed E-state index contributed by atoms with van der Waals surface area (Å²) >= 11 is 0. The molecule has 4 aliphatic rings. The highest BCUT2D eigenvalue weighted by Crippen LogP contribution is 2.34. The van der Waals surface area contributed by atoms with Gasteiger partial charge in [0.15, 0.2) is 11.5 Å². The standard InChI is InChI=1S/C19H18N4O5/c24-18(20-11-3-4-15-16(6-11)28-10-27-15)13-8-23(7-12-2-1-5-26-12)9-14-17(13)21-22-19(14)25/h3-4,6,8-9,12H,1-2,5,7,10H2,(H,20,24)(H,22,25)/t12-/m1/s1. The predicted octanol–water partition coefficient (Wildman–Crippen LogP) is 1.84. The number of benzene rings is 1. The molecule has 4 aliphatic heterocycles. The van der Waals surface area contributed by atoms with E-state index in [1.54, 1.807) is 30.6 Å². The lowest BCUT2D eigenvalue weighted by molar-refractivity contribution is 0.0961. The Bertz CT molecular complexity index is 1070. The van der Waals surface area contributed by atoms with Crippen LogP contribution in [0.2, 0.25) is 0 Å². The molecule has 144 valence electrons. The number of fused-ring (bicyclic) bond motifs is 2. The second-order valence-electron chi connectivity index (χ2n) is 6.84. The second-order valence-corrected chi connectivity index (χ2v) is 6.84. The van der Waals surface area contributed by atoms with Crippen LogP contribution >= 0.6 is 0 Å². The van der Waals surface area contributed by atoms with Crippen molar-refractivity contribution in [3.8, 4) is 22.8 Å². The van der Waals surface area contributed by atoms with E-state index in [1.165, 1.54) is 0 Å². The lowest BCUT2D eigenvalue weighted by atomic mass is 10.1. The first-order chi connectivity index (χ1) is 13.7. The molecule has 0 saturated carbocycles. The Hall–Kier alpha value is -3.33. The number of aromatic nitrogens is 3. The van der Waals surface area contributed by atoms with E-state index in [4.69, 9.17) is 14.2 Å². The van der Waals surface area contributed by atoms with Gasteiger partial charge in [0.2, 0.25) is 6.79 Å². The van der Waals surface area contributed by atoms with Crippen molar-refractivity contribution in [2.24, 2.45) is 0 Å². The lowest BCUT2D eigenvalue weighted by Gasteiger charge is -2.16. The molecule has 1 amide bonds. The zero-order valence-electron chi connectivity index (χ0n) is 14.9. The van der Waals surface area contributed by atoms with Gasteiger partial charge in [-0.05, 0) is 25.0 Å². The SMILES string of the molecule is O=C(Nc1ccc2c(c1)OCO2)c1cn(C[C@H]2CCCO2)cc2c(=O)[nH]nc1-2. The molecule has 0 spiro atoms. The number of rotatable bonds is 4. The molecule has 0 radical (unpaired) electrons. The zero-order chi connectivity index (χ0) is 19.1. The molecule has 0 bridgehead atoms. The van der Waals surface area contributed by atoms with E-state index < -0.39 is 0 Å². The third-order valence-corrected chi connectivity index (χ3v) is 4.93. The van der Waals surface area contributed by atoms with Crippen LogP contribution in [0.15, 0.2) is 35.4 Å². The number of nitrogens with zero attached hydrogens (tertiary/aromatic N) is 2. The Kier molecular flexibility index (Phi) is 4.01. The monoisotopic (exact) mass is 382 g/mol. The Labute approximate surface area is 159 Å². The fourth-order valence-electron chi connectivity index (χ4n) is 3.56. The van der Waals surface area contributed by atoms with E-state index >= 15 is 0 Å². The average Bonchev–Trinajstić information content (AvgIpc) is 3.43. The Morgan fingerprint density at radius 1 is 1.29 bits per heavy atom. The molecule has 0 unspecified atom stereocenters. The summed E-state index contributed by atoms with van der Waals surface area (Å²) in [5.41, 5.74) is 1.26. The number of amides is 1. The van der Waals surface area contributed by atoms with Crippen molar-refractivity contribution < 1.29 is 19.0 Å². The maximum absolute atomic E-state index is 12.9. The Morgan fingerprint density at radius 2 is 2.18 bits per heavy atom. The van der Waals surface area contributed by atoms with Crippen LogP contribution in [0.5, 0.6) is 11.5 Å². The number of ether oxygens (including phenoxy) is 3. The van der Waals surface area contributed by atoms with Crippen molar-refractivity contribution in [3.05, 3.63) is 46.5 Å². The van der Waals surface area contributed by atoms with E-state index in [0.29, 0.717) is 40.6 Å². The van der Waals surface area contributed by atoms with Gasteiger partial charge in [-0.15, -0.1) is 0 Å². The van der Waals surface area contributed by atoms with E-state index in [1.807, 2.05) is 4.57 Å². The Morgan fingerprint density at radius 3 is 3.04 bits per heavy atom. The van der Waals surface area contributed by atoms with Crippen molar-refractivity contribution in [2.75, 3.05) is 18.7 Å². The number of pyridine rings is 1. The van der Waals surface area contributed by atoms with Crippen LogP contribution in [0.1, 0.15) is 23.2 Å². The number of hydrogen-bond acceptors (Lipinski definition) is 6. The highest BCUT2D eigenvalue weighted by atomic mass is 16.7. The first-order valence-electron chi connectivity index (χ1n) is 9.08. The van der Waals surface area contributed by atoms with Gasteiger partial charge in [-0.3, -0.25) is 9.59 Å². The normalized spacial score (nSPS) is 17.9. The number of H-pyrrole nitrogens is 1. The molecule has 9 heteroatoms. The van der Waals surface area contributed by atoms with Crippen LogP contribution in [0.3, 0.4) is 0 Å². The fraction of sp³-hybridized carbons (Fsp3) is 0.316. The summed E-state index contributed by atoms with van der Waals surface area (Å²) in [4.78, 5) is 25.0. The number of anilines is 1. The lowest BCUT2D eigenvalue weighted by Crippen LogP contribution is -2.20. The zero-order valence-corrected chi connectivity index (χ0v) is 14.9. The number of aromatic amines is 1. The summed E-state index contributed by atoms with van der Waals surface area (Å²) in [5, 5.41) is 9.28. The minimum atomic E-state index is -0.364. The fourth-order valence-corrected chi connectivity index (χ4v) is 3.56. The topological polar surface area (TPSA) is 107 Å². The summed E-state index contributed by atoms with van der Waals surface area (Å²) in [7, 11) is 0. The quantitative estimate of drug-likeness (QED) is 0.713. The molecule has 9 nitrogen and oxygen atoms in total. The third kappa shape index (κ3) is 2.99. The summed E-state index contributed by atoms with van der Waals surface area (Å²) in [5.74, 6) is 0.848. The molecule has 28 heavy (non-hydrogen) atoms. The molecule has 0 aromatic heterocycles. The van der Waals surface area contributed by atoms with Crippen molar-refractivity contribution >= 4 is 11.6 Å². The van der Waals surface area contributed by atoms with Gasteiger partial charge in [0.25, 0.3) is 11.5 Å². The largest absolute Gasteiger partial charge is 0.454 e. The van der Waals surface area contributed by atoms with Gasteiger partial charge in [0.1, 0.15) is 5.69 Å². The van der Waals surface area contributed by atoms with Gasteiger partial charge in [-0.1, -0.05) is 0 Å². The van der Waals surface area contributed by atoms with Gasteiger partial charge >= 0.3 is 0 Å². The van der Waals surface area contributed by atoms with Crippen molar-refractivity contribution in [3.63, 3.8) is 0 Å². The number of carbonyl (C=O) groups excluding carboxylic acids is 1. The van der Waals surface area contributed by atoms with Gasteiger partial charge in [-0.2, -0.15) is 5.10 Å². The first kappa shape index (κ1) is 16.8. The van der Waals surface area contributed by atoms with Crippen molar-refractivity contribution in [1.82, 2.24) is 14.8 Å². The number of hydrogen-bond donors (Lipinski definition) is 2. The first-order valence-corrected chi connectivity index (χ1v) is 9.08. The van der Waals surface area contributed by atoms with Crippen LogP contribution < -0.4 is 20.3 Å². The van der Waals surface area contributed by atoms with Crippen LogP contribution in [-0.2, 0) is 11.3 Å². The molecule has 2 N–H and O–H groups in total. The minimum absolute atomic E-state index is 0.0780. The molecule has 0 aliphatic carbocycles. The smallest absolute Gasteiger partial charge is 0.275 e. The molecular formula is C19H18N4O5. The van der Waals surface area contributed by atoms with Crippen LogP contribution in [0.25, 0.3) is 11.3 Å². The van der Waals surface area contributed by atoms with E-state index in [-0.39, 0.29) is 24.4 Å². The molecule has 5 rings (SSSR count). The molecule has 1 aromatic rings. The van der Waals surface area contributed by atoms with Crippen LogP contribution in [0.4, 0.5) is 5.69 Å². The van der Waals surface area contributed by atoms with Crippen molar-refractivity contribution in [2.45, 2.75) is 25.5 Å². The van der Waals surface area contributed by atoms with Gasteiger partial charge in [0, 0.05) is 37.3 Å². The highest BCUT2D eigenvalue weighted by molar-refractivity contribution is 6.08. The molecule has 1 saturated heterocycles. The summed E-state index contributed by atoms with van der Waals surface area (Å²) in [6.45, 7) is 1.48. The highest BCUT2D eigenvalue weighted by Gasteiger charge is 2.24. The van der Waals surface area contributed by atoms with Crippen LogP contribution in [0, 0.1) is 0 Å². The molecule has 1 fully saturated rings. The van der Waals surface area contributed by atoms with Gasteiger partial charge in [-0.25, -0.2) is 5.10 Å². The van der Waals surface area contributed by atoms with Gasteiger partial charge in [0.05, 0.1) is 17.2 Å². The second kappa shape index (κ2) is 6.68. The van der Waals surface area contributed by atoms with Crippen molar-refractivity contribution in [1.29, 1.82) is 0 Å². The Balaban J connectivity index is 1.46. The maximum atomic E-state index is 12.9. The predicted molar refractivity (Wildman–Crippen MR) is 99.0 cm³/mol. The molecule has 4 heterocycles. The summed E-state index contributed by atoms with van der Waals surface area (Å²) in [6.07, 6.45) is 5.46. The summed E-state index contributed by atoms with van der Waals surface area (Å²) < 4.78 is 18.1. The number of carbonyl (C=O) groups is 1. The molecule has 1 aromatic carbocycles. The van der Waals surface area contributed by atoms with E-state index in [9.17, 15) is 9.59 Å². The van der Waals surface area contributed by atoms with Gasteiger partial charge < -0.3 is 24.1 Å². The van der Waals surface area contributed by atoms with E-state index in [2.05, 4.69) is 15.5 Å². The number of nitrogens with one attached hydrogen (secondary N) is 2. The molecular weight excluding hydrogens is 364 g/mol. The summed E-state index contributed by atoms with van der Waals surface area (Å²) in [6, 6.07) is 5.17. The molecule has 1 atom stereocenters.